The number of halogens is 3. The van der Waals surface area contributed by atoms with Gasteiger partial charge in [-0.15, -0.1) is 0 Å². The molecule has 164 valence electrons. The first-order valence-corrected chi connectivity index (χ1v) is 9.17. The molecular weight excluding hydrogens is 417 g/mol. The maximum absolute atomic E-state index is 12.9. The molecule has 1 atom stereocenters. The van der Waals surface area contributed by atoms with Crippen LogP contribution < -0.4 is 5.32 Å². The van der Waals surface area contributed by atoms with E-state index in [-0.39, 0.29) is 23.7 Å². The third-order valence-corrected chi connectivity index (χ3v) is 4.68. The highest BCUT2D eigenvalue weighted by atomic mass is 19.4. The van der Waals surface area contributed by atoms with Crippen molar-refractivity contribution in [1.29, 1.82) is 0 Å². The summed E-state index contributed by atoms with van der Waals surface area (Å²) in [5, 5.41) is 21.8. The minimum Gasteiger partial charge on any atom is -0.307 e. The molecule has 1 amide bonds. The van der Waals surface area contributed by atoms with Gasteiger partial charge in [-0.3, -0.25) is 24.3 Å². The smallest absolute Gasteiger partial charge is 0.307 e. The molecule has 2 aromatic heterocycles. The van der Waals surface area contributed by atoms with E-state index in [4.69, 9.17) is 0 Å². The van der Waals surface area contributed by atoms with E-state index in [0.29, 0.717) is 11.3 Å². The number of nitro groups is 1. The topological polar surface area (TPSA) is 108 Å². The van der Waals surface area contributed by atoms with Gasteiger partial charge in [0.1, 0.15) is 17.9 Å². The van der Waals surface area contributed by atoms with Crippen molar-refractivity contribution in [2.75, 3.05) is 5.32 Å². The summed E-state index contributed by atoms with van der Waals surface area (Å²) >= 11 is 0. The van der Waals surface area contributed by atoms with Gasteiger partial charge in [0.15, 0.2) is 5.82 Å². The van der Waals surface area contributed by atoms with Crippen LogP contribution in [0.5, 0.6) is 0 Å². The highest BCUT2D eigenvalue weighted by molar-refractivity contribution is 5.92. The Morgan fingerprint density at radius 3 is 2.58 bits per heavy atom. The Bertz CT molecular complexity index is 1140. The lowest BCUT2D eigenvalue weighted by molar-refractivity contribution is -0.385. The minimum atomic E-state index is -4.44. The van der Waals surface area contributed by atoms with Gasteiger partial charge in [-0.25, -0.2) is 0 Å². The zero-order valence-electron chi connectivity index (χ0n) is 16.8. The summed E-state index contributed by atoms with van der Waals surface area (Å²) in [5.74, 6) is -0.291. The largest absolute Gasteiger partial charge is 0.416 e. The van der Waals surface area contributed by atoms with Gasteiger partial charge in [0.25, 0.3) is 0 Å². The normalized spacial score (nSPS) is 12.6. The van der Waals surface area contributed by atoms with Gasteiger partial charge in [-0.1, -0.05) is 12.1 Å². The standard InChI is InChI=1S/C19H19F3N6O3/c1-11-7-17(23-18(29)13(3)27-10-16(28(30)31)12(2)24-27)25-26(11)9-14-5-4-6-15(8-14)19(20,21)22/h4-8,10,13H,9H2,1-3H3,(H,23,25,29). The third kappa shape index (κ3) is 4.90. The molecule has 3 rings (SSSR count). The summed E-state index contributed by atoms with van der Waals surface area (Å²) in [7, 11) is 0. The SMILES string of the molecule is Cc1nn(C(C)C(=O)Nc2cc(C)n(Cc3cccc(C(F)(F)F)c3)n2)cc1[N+](=O)[O-]. The molecule has 0 aliphatic heterocycles. The first-order chi connectivity index (χ1) is 14.5. The van der Waals surface area contributed by atoms with E-state index in [1.54, 1.807) is 19.1 Å². The van der Waals surface area contributed by atoms with Crippen molar-refractivity contribution < 1.29 is 22.9 Å². The van der Waals surface area contributed by atoms with Crippen LogP contribution in [0.2, 0.25) is 0 Å². The van der Waals surface area contributed by atoms with Crippen LogP contribution in [0.15, 0.2) is 36.5 Å². The van der Waals surface area contributed by atoms with Gasteiger partial charge in [0.2, 0.25) is 5.91 Å². The fourth-order valence-electron chi connectivity index (χ4n) is 2.95. The summed E-state index contributed by atoms with van der Waals surface area (Å²) in [6.45, 7) is 4.79. The lowest BCUT2D eigenvalue weighted by Gasteiger charge is -2.11. The molecule has 0 aliphatic rings. The summed E-state index contributed by atoms with van der Waals surface area (Å²) in [6, 6.07) is 5.66. The van der Waals surface area contributed by atoms with Gasteiger partial charge in [-0.05, 0) is 38.5 Å². The van der Waals surface area contributed by atoms with Gasteiger partial charge < -0.3 is 5.32 Å². The molecule has 3 aromatic rings. The van der Waals surface area contributed by atoms with Crippen molar-refractivity contribution in [1.82, 2.24) is 19.6 Å². The molecule has 12 heteroatoms. The Kier molecular flexibility index (Phi) is 5.82. The summed E-state index contributed by atoms with van der Waals surface area (Å²) in [5.41, 5.74) is 0.282. The number of nitrogens with zero attached hydrogens (tertiary/aromatic N) is 5. The van der Waals surface area contributed by atoms with Crippen LogP contribution in [0.3, 0.4) is 0 Å². The number of carbonyl (C=O) groups excluding carboxylic acids is 1. The molecule has 1 N–H and O–H groups in total. The van der Waals surface area contributed by atoms with E-state index in [1.807, 2.05) is 0 Å². The Morgan fingerprint density at radius 2 is 1.97 bits per heavy atom. The first-order valence-electron chi connectivity index (χ1n) is 9.17. The lowest BCUT2D eigenvalue weighted by atomic mass is 10.1. The summed E-state index contributed by atoms with van der Waals surface area (Å²) in [4.78, 5) is 22.9. The van der Waals surface area contributed by atoms with Crippen LogP contribution in [0, 0.1) is 24.0 Å². The Labute approximate surface area is 174 Å². The first kappa shape index (κ1) is 22.0. The predicted octanol–water partition coefficient (Wildman–Crippen LogP) is 3.87. The second-order valence-corrected chi connectivity index (χ2v) is 7.03. The van der Waals surface area contributed by atoms with Crippen LogP contribution in [-0.4, -0.2) is 30.4 Å². The number of hydrogen-bond acceptors (Lipinski definition) is 5. The highest BCUT2D eigenvalue weighted by Gasteiger charge is 2.30. The number of carbonyl (C=O) groups is 1. The second-order valence-electron chi connectivity index (χ2n) is 7.03. The van der Waals surface area contributed by atoms with E-state index in [0.717, 1.165) is 12.1 Å². The zero-order valence-corrected chi connectivity index (χ0v) is 16.8. The minimum absolute atomic E-state index is 0.0890. The monoisotopic (exact) mass is 436 g/mol. The van der Waals surface area contributed by atoms with Crippen LogP contribution in [0.1, 0.15) is 35.5 Å². The van der Waals surface area contributed by atoms with Crippen LogP contribution in [-0.2, 0) is 17.5 Å². The molecule has 0 radical (unpaired) electrons. The quantitative estimate of drug-likeness (QED) is 0.466. The fraction of sp³-hybridized carbons (Fsp3) is 0.316. The molecule has 0 bridgehead atoms. The average Bonchev–Trinajstić information content (AvgIpc) is 3.23. The van der Waals surface area contributed by atoms with Crippen molar-refractivity contribution in [2.24, 2.45) is 0 Å². The lowest BCUT2D eigenvalue weighted by Crippen LogP contribution is -2.24. The van der Waals surface area contributed by atoms with E-state index in [1.165, 1.54) is 35.5 Å². The van der Waals surface area contributed by atoms with Gasteiger partial charge in [0, 0.05) is 11.8 Å². The second kappa shape index (κ2) is 8.20. The molecule has 1 aromatic carbocycles. The van der Waals surface area contributed by atoms with Crippen LogP contribution in [0.25, 0.3) is 0 Å². The van der Waals surface area contributed by atoms with Crippen molar-refractivity contribution in [3.05, 3.63) is 69.2 Å². The summed E-state index contributed by atoms with van der Waals surface area (Å²) < 4.78 is 41.4. The summed E-state index contributed by atoms with van der Waals surface area (Å²) in [6.07, 6.45) is -3.26. The van der Waals surface area contributed by atoms with Crippen molar-refractivity contribution >= 4 is 17.4 Å². The van der Waals surface area contributed by atoms with Gasteiger partial charge in [-0.2, -0.15) is 23.4 Å². The molecule has 2 heterocycles. The highest BCUT2D eigenvalue weighted by Crippen LogP contribution is 2.29. The maximum atomic E-state index is 12.9. The van der Waals surface area contributed by atoms with E-state index >= 15 is 0 Å². The number of alkyl halides is 3. The fourth-order valence-corrected chi connectivity index (χ4v) is 2.95. The van der Waals surface area contributed by atoms with Gasteiger partial charge >= 0.3 is 11.9 Å². The number of benzene rings is 1. The Balaban J connectivity index is 1.73. The number of rotatable bonds is 6. The molecule has 9 nitrogen and oxygen atoms in total. The van der Waals surface area contributed by atoms with Crippen molar-refractivity contribution in [3.8, 4) is 0 Å². The molecule has 0 saturated heterocycles. The van der Waals surface area contributed by atoms with Crippen LogP contribution in [0.4, 0.5) is 24.7 Å². The molecule has 0 spiro atoms. The van der Waals surface area contributed by atoms with Crippen molar-refractivity contribution in [3.63, 3.8) is 0 Å². The molecule has 0 saturated carbocycles. The maximum Gasteiger partial charge on any atom is 0.416 e. The number of anilines is 1. The van der Waals surface area contributed by atoms with Gasteiger partial charge in [0.05, 0.1) is 17.0 Å². The third-order valence-electron chi connectivity index (χ3n) is 4.68. The van der Waals surface area contributed by atoms with E-state index < -0.39 is 28.6 Å². The van der Waals surface area contributed by atoms with Crippen molar-refractivity contribution in [2.45, 2.75) is 39.5 Å². The molecular formula is C19H19F3N6O3. The number of nitrogens with one attached hydrogen (secondary N) is 1. The van der Waals surface area contributed by atoms with Crippen LogP contribution >= 0.6 is 0 Å². The number of aryl methyl sites for hydroxylation is 2. The molecule has 31 heavy (non-hydrogen) atoms. The van der Waals surface area contributed by atoms with E-state index in [2.05, 4.69) is 15.5 Å². The average molecular weight is 436 g/mol. The molecule has 0 fully saturated rings. The Hall–Kier alpha value is -3.70. The number of hydrogen-bond donors (Lipinski definition) is 1. The predicted molar refractivity (Wildman–Crippen MR) is 104 cm³/mol. The Morgan fingerprint density at radius 1 is 1.26 bits per heavy atom. The zero-order chi connectivity index (χ0) is 22.9. The molecule has 0 aliphatic carbocycles. The molecule has 1 unspecified atom stereocenters. The number of amides is 1. The number of aromatic nitrogens is 4. The van der Waals surface area contributed by atoms with E-state index in [9.17, 15) is 28.1 Å².